The Bertz CT molecular complexity index is 438. The highest BCUT2D eigenvalue weighted by Crippen LogP contribution is 2.36. The fraction of sp³-hybridized carbons (Fsp3) is 0.714. The molecule has 114 valence electrons. The molecule has 2 rings (SSSR count). The van der Waals surface area contributed by atoms with Crippen molar-refractivity contribution in [3.8, 4) is 0 Å². The van der Waals surface area contributed by atoms with Gasteiger partial charge >= 0.3 is 0 Å². The van der Waals surface area contributed by atoms with Gasteiger partial charge in [-0.15, -0.1) is 11.3 Å². The molecular weight excluding hydrogens is 338 g/mol. The van der Waals surface area contributed by atoms with Crippen molar-refractivity contribution in [2.75, 3.05) is 27.2 Å². The number of aliphatic hydroxyl groups is 1. The van der Waals surface area contributed by atoms with Gasteiger partial charge in [-0.1, -0.05) is 0 Å². The topological polar surface area (TPSA) is 52.7 Å². The number of rotatable bonds is 5. The van der Waals surface area contributed by atoms with Crippen molar-refractivity contribution < 1.29 is 5.11 Å². The van der Waals surface area contributed by atoms with Crippen LogP contribution in [0, 0.1) is 0 Å². The van der Waals surface area contributed by atoms with Gasteiger partial charge in [0, 0.05) is 30.1 Å². The van der Waals surface area contributed by atoms with Crippen LogP contribution >= 0.6 is 27.3 Å². The third kappa shape index (κ3) is 3.81. The summed E-state index contributed by atoms with van der Waals surface area (Å²) < 4.78 is 1.13. The maximum Gasteiger partial charge on any atom is 0.0702 e. The molecule has 4 unspecified atom stereocenters. The van der Waals surface area contributed by atoms with Gasteiger partial charge in [0.1, 0.15) is 0 Å². The SMILES string of the molecule is CC(N)C(c1ccc(Br)s1)N1CC(O)CC1CN(C)C. The van der Waals surface area contributed by atoms with E-state index in [9.17, 15) is 5.11 Å². The average Bonchev–Trinajstić information content (AvgIpc) is 2.86. The van der Waals surface area contributed by atoms with Crippen molar-refractivity contribution in [3.63, 3.8) is 0 Å². The van der Waals surface area contributed by atoms with Crippen LogP contribution in [0.4, 0.5) is 0 Å². The van der Waals surface area contributed by atoms with E-state index in [1.165, 1.54) is 4.88 Å². The first-order valence-corrected chi connectivity index (χ1v) is 8.58. The molecule has 0 saturated carbocycles. The average molecular weight is 362 g/mol. The van der Waals surface area contributed by atoms with Crippen LogP contribution in [0.25, 0.3) is 0 Å². The van der Waals surface area contributed by atoms with Gasteiger partial charge in [0.2, 0.25) is 0 Å². The number of hydrogen-bond acceptors (Lipinski definition) is 5. The quantitative estimate of drug-likeness (QED) is 0.840. The summed E-state index contributed by atoms with van der Waals surface area (Å²) in [5.41, 5.74) is 6.25. The number of nitrogens with zero attached hydrogens (tertiary/aromatic N) is 2. The molecule has 1 aromatic heterocycles. The van der Waals surface area contributed by atoms with Crippen LogP contribution in [0.3, 0.4) is 0 Å². The van der Waals surface area contributed by atoms with Crippen molar-refractivity contribution >= 4 is 27.3 Å². The summed E-state index contributed by atoms with van der Waals surface area (Å²) in [7, 11) is 4.15. The zero-order valence-corrected chi connectivity index (χ0v) is 14.7. The molecule has 1 aromatic rings. The lowest BCUT2D eigenvalue weighted by molar-refractivity contribution is 0.125. The second-order valence-electron chi connectivity index (χ2n) is 5.95. The second kappa shape index (κ2) is 6.85. The number of aliphatic hydroxyl groups excluding tert-OH is 1. The Kier molecular flexibility index (Phi) is 5.62. The zero-order valence-electron chi connectivity index (χ0n) is 12.3. The van der Waals surface area contributed by atoms with Crippen LogP contribution in [0.1, 0.15) is 24.3 Å². The summed E-state index contributed by atoms with van der Waals surface area (Å²) in [5.74, 6) is 0. The normalized spacial score (nSPS) is 27.1. The van der Waals surface area contributed by atoms with Crippen LogP contribution in [0.15, 0.2) is 15.9 Å². The van der Waals surface area contributed by atoms with Crippen molar-refractivity contribution in [3.05, 3.63) is 20.8 Å². The molecule has 20 heavy (non-hydrogen) atoms. The summed E-state index contributed by atoms with van der Waals surface area (Å²) in [6.45, 7) is 3.71. The van der Waals surface area contributed by atoms with Gasteiger partial charge in [0.15, 0.2) is 0 Å². The maximum atomic E-state index is 10.1. The van der Waals surface area contributed by atoms with E-state index >= 15 is 0 Å². The molecule has 4 atom stereocenters. The number of nitrogens with two attached hydrogens (primary N) is 1. The summed E-state index contributed by atoms with van der Waals surface area (Å²) >= 11 is 5.26. The van der Waals surface area contributed by atoms with E-state index in [0.29, 0.717) is 12.6 Å². The molecule has 0 bridgehead atoms. The van der Waals surface area contributed by atoms with E-state index in [4.69, 9.17) is 5.73 Å². The molecule has 4 nitrogen and oxygen atoms in total. The summed E-state index contributed by atoms with van der Waals surface area (Å²) in [6, 6.07) is 4.78. The summed E-state index contributed by atoms with van der Waals surface area (Å²) in [4.78, 5) is 5.83. The lowest BCUT2D eigenvalue weighted by Crippen LogP contribution is -2.45. The largest absolute Gasteiger partial charge is 0.392 e. The lowest BCUT2D eigenvalue weighted by atomic mass is 10.1. The first-order chi connectivity index (χ1) is 9.38. The molecule has 0 amide bonds. The Hall–Kier alpha value is 0.0200. The molecule has 0 aliphatic carbocycles. The summed E-state index contributed by atoms with van der Waals surface area (Å²) in [6.07, 6.45) is 0.582. The maximum absolute atomic E-state index is 10.1. The molecule has 0 aromatic carbocycles. The second-order valence-corrected chi connectivity index (χ2v) is 8.44. The number of halogens is 1. The monoisotopic (exact) mass is 361 g/mol. The minimum atomic E-state index is -0.246. The van der Waals surface area contributed by atoms with Crippen LogP contribution in [0.2, 0.25) is 0 Å². The highest BCUT2D eigenvalue weighted by molar-refractivity contribution is 9.11. The highest BCUT2D eigenvalue weighted by Gasteiger charge is 2.38. The predicted molar refractivity (Wildman–Crippen MR) is 88.1 cm³/mol. The van der Waals surface area contributed by atoms with Crippen molar-refractivity contribution in [1.82, 2.24) is 9.80 Å². The fourth-order valence-electron chi connectivity index (χ4n) is 3.07. The molecule has 3 N–H and O–H groups in total. The minimum Gasteiger partial charge on any atom is -0.392 e. The number of hydrogen-bond donors (Lipinski definition) is 2. The Morgan fingerprint density at radius 3 is 2.75 bits per heavy atom. The first-order valence-electron chi connectivity index (χ1n) is 6.98. The first kappa shape index (κ1) is 16.4. The molecule has 6 heteroatoms. The number of β-amino-alcohol motifs (C(OH)–C–C–N with tert-alkyl or cyclic N) is 1. The number of likely N-dealkylation sites (N-methyl/N-ethyl adjacent to an activating group) is 1. The molecular formula is C14H24BrN3OS. The Balaban J connectivity index is 2.23. The van der Waals surface area contributed by atoms with E-state index in [-0.39, 0.29) is 18.2 Å². The van der Waals surface area contributed by atoms with Crippen molar-refractivity contribution in [1.29, 1.82) is 0 Å². The molecule has 2 heterocycles. The number of thiophene rings is 1. The molecule has 1 fully saturated rings. The van der Waals surface area contributed by atoms with Crippen molar-refractivity contribution in [2.45, 2.75) is 37.6 Å². The van der Waals surface area contributed by atoms with Gasteiger partial charge in [0.25, 0.3) is 0 Å². The van der Waals surface area contributed by atoms with Crippen molar-refractivity contribution in [2.24, 2.45) is 5.73 Å². The van der Waals surface area contributed by atoms with Crippen LogP contribution in [-0.4, -0.2) is 60.3 Å². The standard InChI is InChI=1S/C14H24BrN3OS/c1-9(16)14(12-4-5-13(15)20-12)18-8-11(19)6-10(18)7-17(2)3/h4-5,9-11,14,19H,6-8,16H2,1-3H3. The van der Waals surface area contributed by atoms with Crippen LogP contribution in [0.5, 0.6) is 0 Å². The smallest absolute Gasteiger partial charge is 0.0702 e. The van der Waals surface area contributed by atoms with Gasteiger partial charge < -0.3 is 15.7 Å². The fourth-order valence-corrected chi connectivity index (χ4v) is 4.73. The van der Waals surface area contributed by atoms with Gasteiger partial charge in [-0.3, -0.25) is 4.90 Å². The molecule has 1 aliphatic heterocycles. The molecule has 1 aliphatic rings. The van der Waals surface area contributed by atoms with E-state index in [2.05, 4.69) is 58.9 Å². The van der Waals surface area contributed by atoms with E-state index in [0.717, 1.165) is 16.8 Å². The molecule has 0 radical (unpaired) electrons. The van der Waals surface area contributed by atoms with Gasteiger partial charge in [-0.2, -0.15) is 0 Å². The van der Waals surface area contributed by atoms with E-state index in [1.54, 1.807) is 11.3 Å². The van der Waals surface area contributed by atoms with Gasteiger partial charge in [-0.05, 0) is 55.5 Å². The Morgan fingerprint density at radius 1 is 1.55 bits per heavy atom. The predicted octanol–water partition coefficient (Wildman–Crippen LogP) is 1.90. The van der Waals surface area contributed by atoms with Gasteiger partial charge in [0.05, 0.1) is 15.9 Å². The minimum absolute atomic E-state index is 0.0375. The summed E-state index contributed by atoms with van der Waals surface area (Å²) in [5, 5.41) is 10.1. The molecule has 0 spiro atoms. The number of likely N-dealkylation sites (tertiary alicyclic amines) is 1. The third-order valence-electron chi connectivity index (χ3n) is 3.75. The Labute approximate surface area is 133 Å². The van der Waals surface area contributed by atoms with Crippen LogP contribution in [-0.2, 0) is 0 Å². The zero-order chi connectivity index (χ0) is 14.9. The van der Waals surface area contributed by atoms with E-state index in [1.807, 2.05) is 0 Å². The lowest BCUT2D eigenvalue weighted by Gasteiger charge is -2.35. The molecule has 1 saturated heterocycles. The van der Waals surface area contributed by atoms with Crippen LogP contribution < -0.4 is 5.73 Å². The van der Waals surface area contributed by atoms with Gasteiger partial charge in [-0.25, -0.2) is 0 Å². The van der Waals surface area contributed by atoms with E-state index < -0.39 is 0 Å². The highest BCUT2D eigenvalue weighted by atomic mass is 79.9. The third-order valence-corrected chi connectivity index (χ3v) is 5.45. The Morgan fingerprint density at radius 2 is 2.25 bits per heavy atom.